The predicted molar refractivity (Wildman–Crippen MR) is 93.5 cm³/mol. The molecule has 0 fully saturated rings. The minimum Gasteiger partial charge on any atom is -0.395 e. The van der Waals surface area contributed by atoms with Crippen LogP contribution in [0.4, 0.5) is 10.1 Å². The SMILES string of the molecule is O=C(CCN(CCO)Cc1cccc(Cl)c1)Nc1ccc(F)cc1. The third-order valence-electron chi connectivity index (χ3n) is 3.49. The zero-order chi connectivity index (χ0) is 17.4. The number of anilines is 1. The quantitative estimate of drug-likeness (QED) is 0.768. The number of hydrogen-bond acceptors (Lipinski definition) is 3. The summed E-state index contributed by atoms with van der Waals surface area (Å²) in [6.45, 7) is 1.58. The Kier molecular flexibility index (Phi) is 7.18. The normalized spacial score (nSPS) is 10.8. The van der Waals surface area contributed by atoms with Gasteiger partial charge in [0, 0.05) is 36.8 Å². The fourth-order valence-corrected chi connectivity index (χ4v) is 2.53. The summed E-state index contributed by atoms with van der Waals surface area (Å²) in [5.41, 5.74) is 1.58. The van der Waals surface area contributed by atoms with Crippen molar-refractivity contribution in [3.05, 3.63) is 64.9 Å². The Bertz CT molecular complexity index is 664. The van der Waals surface area contributed by atoms with Crippen molar-refractivity contribution in [1.82, 2.24) is 4.90 Å². The Morgan fingerprint density at radius 3 is 2.58 bits per heavy atom. The summed E-state index contributed by atoms with van der Waals surface area (Å²) in [7, 11) is 0. The molecule has 2 N–H and O–H groups in total. The third-order valence-corrected chi connectivity index (χ3v) is 3.73. The van der Waals surface area contributed by atoms with Crippen molar-refractivity contribution in [2.45, 2.75) is 13.0 Å². The first-order valence-corrected chi connectivity index (χ1v) is 8.07. The molecule has 0 saturated carbocycles. The molecule has 2 aromatic carbocycles. The molecule has 1 amide bonds. The molecule has 0 aromatic heterocycles. The molecule has 0 radical (unpaired) electrons. The number of amides is 1. The van der Waals surface area contributed by atoms with Gasteiger partial charge in [0.1, 0.15) is 5.82 Å². The summed E-state index contributed by atoms with van der Waals surface area (Å²) in [5, 5.41) is 12.6. The molecule has 4 nitrogen and oxygen atoms in total. The highest BCUT2D eigenvalue weighted by molar-refractivity contribution is 6.30. The van der Waals surface area contributed by atoms with Crippen molar-refractivity contribution < 1.29 is 14.3 Å². The summed E-state index contributed by atoms with van der Waals surface area (Å²) in [6.07, 6.45) is 0.276. The summed E-state index contributed by atoms with van der Waals surface area (Å²) in [6, 6.07) is 13.1. The number of halogens is 2. The second-order valence-corrected chi connectivity index (χ2v) is 5.87. The fourth-order valence-electron chi connectivity index (χ4n) is 2.32. The lowest BCUT2D eigenvalue weighted by molar-refractivity contribution is -0.116. The molecular formula is C18H20ClFN2O2. The number of nitrogens with one attached hydrogen (secondary N) is 1. The van der Waals surface area contributed by atoms with Crippen molar-refractivity contribution >= 4 is 23.2 Å². The number of rotatable bonds is 8. The van der Waals surface area contributed by atoms with Gasteiger partial charge in [0.2, 0.25) is 5.91 Å². The molecule has 0 spiro atoms. The van der Waals surface area contributed by atoms with E-state index in [0.717, 1.165) is 5.56 Å². The maximum Gasteiger partial charge on any atom is 0.225 e. The second-order valence-electron chi connectivity index (χ2n) is 5.43. The Hall–Kier alpha value is -1.95. The van der Waals surface area contributed by atoms with Crippen LogP contribution in [0.25, 0.3) is 0 Å². The second kappa shape index (κ2) is 9.37. The van der Waals surface area contributed by atoms with Gasteiger partial charge in [-0.1, -0.05) is 23.7 Å². The van der Waals surface area contributed by atoms with Crippen LogP contribution in [0.1, 0.15) is 12.0 Å². The molecule has 0 saturated heterocycles. The number of carbonyl (C=O) groups excluding carboxylic acids is 1. The Morgan fingerprint density at radius 1 is 1.17 bits per heavy atom. The number of aliphatic hydroxyl groups is 1. The molecule has 24 heavy (non-hydrogen) atoms. The van der Waals surface area contributed by atoms with E-state index in [4.69, 9.17) is 11.6 Å². The van der Waals surface area contributed by atoms with Crippen molar-refractivity contribution in [3.8, 4) is 0 Å². The van der Waals surface area contributed by atoms with Gasteiger partial charge < -0.3 is 10.4 Å². The van der Waals surface area contributed by atoms with Crippen LogP contribution < -0.4 is 5.32 Å². The van der Waals surface area contributed by atoms with Gasteiger partial charge in [-0.3, -0.25) is 9.69 Å². The summed E-state index contributed by atoms with van der Waals surface area (Å²) >= 11 is 5.98. The van der Waals surface area contributed by atoms with Crippen LogP contribution in [-0.4, -0.2) is 35.6 Å². The lowest BCUT2D eigenvalue weighted by atomic mass is 10.2. The molecule has 0 bridgehead atoms. The molecule has 0 aliphatic heterocycles. The van der Waals surface area contributed by atoms with E-state index in [0.29, 0.717) is 30.3 Å². The molecular weight excluding hydrogens is 331 g/mol. The Balaban J connectivity index is 1.86. The Morgan fingerprint density at radius 2 is 1.92 bits per heavy atom. The smallest absolute Gasteiger partial charge is 0.225 e. The summed E-state index contributed by atoms with van der Waals surface area (Å²) < 4.78 is 12.8. The average molecular weight is 351 g/mol. The van der Waals surface area contributed by atoms with Crippen LogP contribution >= 0.6 is 11.6 Å². The largest absolute Gasteiger partial charge is 0.395 e. The summed E-state index contributed by atoms with van der Waals surface area (Å²) in [4.78, 5) is 14.0. The maximum absolute atomic E-state index is 12.8. The van der Waals surface area contributed by atoms with E-state index in [1.165, 1.54) is 24.3 Å². The van der Waals surface area contributed by atoms with Crippen molar-refractivity contribution in [2.24, 2.45) is 0 Å². The van der Waals surface area contributed by atoms with Gasteiger partial charge in [0.05, 0.1) is 6.61 Å². The van der Waals surface area contributed by atoms with E-state index in [1.54, 1.807) is 6.07 Å². The zero-order valence-electron chi connectivity index (χ0n) is 13.2. The first-order chi connectivity index (χ1) is 11.6. The van der Waals surface area contributed by atoms with Crippen LogP contribution in [0.3, 0.4) is 0 Å². The van der Waals surface area contributed by atoms with Gasteiger partial charge in [0.25, 0.3) is 0 Å². The van der Waals surface area contributed by atoms with Gasteiger partial charge in [-0.2, -0.15) is 0 Å². The van der Waals surface area contributed by atoms with Crippen molar-refractivity contribution in [1.29, 1.82) is 0 Å². The maximum atomic E-state index is 12.8. The van der Waals surface area contributed by atoms with Crippen molar-refractivity contribution in [2.75, 3.05) is 25.0 Å². The third kappa shape index (κ3) is 6.28. The monoisotopic (exact) mass is 350 g/mol. The van der Waals surface area contributed by atoms with E-state index in [9.17, 15) is 14.3 Å². The van der Waals surface area contributed by atoms with Gasteiger partial charge in [0.15, 0.2) is 0 Å². The highest BCUT2D eigenvalue weighted by Crippen LogP contribution is 2.13. The number of aliphatic hydroxyl groups excluding tert-OH is 1. The lowest BCUT2D eigenvalue weighted by Crippen LogP contribution is -2.30. The number of carbonyl (C=O) groups is 1. The van der Waals surface area contributed by atoms with E-state index < -0.39 is 0 Å². The number of benzene rings is 2. The Labute approximate surface area is 145 Å². The van der Waals surface area contributed by atoms with Crippen LogP contribution in [0, 0.1) is 5.82 Å². The zero-order valence-corrected chi connectivity index (χ0v) is 14.0. The fraction of sp³-hybridized carbons (Fsp3) is 0.278. The van der Waals surface area contributed by atoms with Gasteiger partial charge in [-0.05, 0) is 42.0 Å². The van der Waals surface area contributed by atoms with E-state index in [1.807, 2.05) is 23.1 Å². The van der Waals surface area contributed by atoms with Crippen LogP contribution in [-0.2, 0) is 11.3 Å². The molecule has 0 aliphatic rings. The molecule has 128 valence electrons. The van der Waals surface area contributed by atoms with Gasteiger partial charge in [-0.25, -0.2) is 4.39 Å². The molecule has 2 rings (SSSR count). The average Bonchev–Trinajstić information content (AvgIpc) is 2.55. The molecule has 0 aliphatic carbocycles. The summed E-state index contributed by atoms with van der Waals surface area (Å²) in [5.74, 6) is -0.501. The molecule has 0 atom stereocenters. The standard InChI is InChI=1S/C18H20ClFN2O2/c19-15-3-1-2-14(12-15)13-22(10-11-23)9-8-18(24)21-17-6-4-16(20)5-7-17/h1-7,12,23H,8-11,13H2,(H,21,24). The topological polar surface area (TPSA) is 52.6 Å². The van der Waals surface area contributed by atoms with Crippen molar-refractivity contribution in [3.63, 3.8) is 0 Å². The molecule has 0 unspecified atom stereocenters. The first-order valence-electron chi connectivity index (χ1n) is 7.70. The number of nitrogens with zero attached hydrogens (tertiary/aromatic N) is 1. The highest BCUT2D eigenvalue weighted by atomic mass is 35.5. The first kappa shape index (κ1) is 18.4. The van der Waals surface area contributed by atoms with Gasteiger partial charge >= 0.3 is 0 Å². The van der Waals surface area contributed by atoms with Crippen LogP contribution in [0.2, 0.25) is 5.02 Å². The minimum atomic E-state index is -0.344. The van der Waals surface area contributed by atoms with Crippen LogP contribution in [0.5, 0.6) is 0 Å². The molecule has 0 heterocycles. The van der Waals surface area contributed by atoms with E-state index in [-0.39, 0.29) is 24.8 Å². The molecule has 2 aromatic rings. The minimum absolute atomic E-state index is 0.0140. The van der Waals surface area contributed by atoms with E-state index in [2.05, 4.69) is 5.32 Å². The highest BCUT2D eigenvalue weighted by Gasteiger charge is 2.09. The molecule has 6 heteroatoms. The predicted octanol–water partition coefficient (Wildman–Crippen LogP) is 3.30. The van der Waals surface area contributed by atoms with Crippen LogP contribution in [0.15, 0.2) is 48.5 Å². The lowest BCUT2D eigenvalue weighted by Gasteiger charge is -2.21. The van der Waals surface area contributed by atoms with E-state index >= 15 is 0 Å². The van der Waals surface area contributed by atoms with Gasteiger partial charge in [-0.15, -0.1) is 0 Å². The number of hydrogen-bond donors (Lipinski definition) is 2.